The largest absolute Gasteiger partial charge is 0.390 e. The van der Waals surface area contributed by atoms with E-state index in [1.807, 2.05) is 7.05 Å². The lowest BCUT2D eigenvalue weighted by atomic mass is 10.4. The molecule has 1 aromatic heterocycles. The van der Waals surface area contributed by atoms with Crippen LogP contribution in [0, 0.1) is 6.92 Å². The maximum absolute atomic E-state index is 12.6. The van der Waals surface area contributed by atoms with Gasteiger partial charge in [-0.3, -0.25) is 5.10 Å². The molecule has 0 spiro atoms. The Hall–Kier alpha value is -0.960. The first-order chi connectivity index (χ1) is 8.96. The lowest BCUT2D eigenvalue weighted by Gasteiger charge is -2.20. The maximum atomic E-state index is 12.6. The average Bonchev–Trinajstić information content (AvgIpc) is 2.60. The summed E-state index contributed by atoms with van der Waals surface area (Å²) in [6.07, 6.45) is 0.807. The molecule has 0 saturated carbocycles. The van der Waals surface area contributed by atoms with E-state index in [9.17, 15) is 13.5 Å². The number of H-pyrrole nitrogens is 1. The molecule has 8 heteroatoms. The minimum atomic E-state index is -3.59. The summed E-state index contributed by atoms with van der Waals surface area (Å²) in [5.74, 6) is 0. The minimum Gasteiger partial charge on any atom is -0.390 e. The Morgan fingerprint density at radius 3 is 2.74 bits per heavy atom. The molecule has 0 aromatic carbocycles. The predicted molar refractivity (Wildman–Crippen MR) is 70.1 cm³/mol. The molecule has 1 fully saturated rings. The van der Waals surface area contributed by atoms with Gasteiger partial charge in [0.1, 0.15) is 10.6 Å². The molecule has 0 radical (unpaired) electrons. The van der Waals surface area contributed by atoms with E-state index in [2.05, 4.69) is 15.1 Å². The van der Waals surface area contributed by atoms with E-state index in [0.717, 1.165) is 13.0 Å². The highest BCUT2D eigenvalue weighted by Crippen LogP contribution is 2.23. The molecule has 0 unspecified atom stereocenters. The van der Waals surface area contributed by atoms with Gasteiger partial charge in [0.2, 0.25) is 10.0 Å². The first kappa shape index (κ1) is 14.4. The van der Waals surface area contributed by atoms with Crippen molar-refractivity contribution < 1.29 is 13.5 Å². The highest BCUT2D eigenvalue weighted by atomic mass is 32.2. The number of rotatable bonds is 3. The Kier molecular flexibility index (Phi) is 4.24. The van der Waals surface area contributed by atoms with Gasteiger partial charge in [-0.25, -0.2) is 8.42 Å². The van der Waals surface area contributed by atoms with E-state index in [-0.39, 0.29) is 17.2 Å². The van der Waals surface area contributed by atoms with Crippen LogP contribution in [0.1, 0.15) is 17.8 Å². The number of nitrogens with zero attached hydrogens (tertiary/aromatic N) is 3. The van der Waals surface area contributed by atoms with E-state index < -0.39 is 10.0 Å². The summed E-state index contributed by atoms with van der Waals surface area (Å²) in [5.41, 5.74) is 0.664. The second kappa shape index (κ2) is 5.58. The Labute approximate surface area is 113 Å². The van der Waals surface area contributed by atoms with Crippen molar-refractivity contribution in [2.24, 2.45) is 0 Å². The van der Waals surface area contributed by atoms with Crippen molar-refractivity contribution in [1.82, 2.24) is 19.4 Å². The SMILES string of the molecule is Cc1[nH]nc(CO)c1S(=O)(=O)N1CCCN(C)CC1. The maximum Gasteiger partial charge on any atom is 0.246 e. The highest BCUT2D eigenvalue weighted by Gasteiger charge is 2.31. The molecular formula is C11H20N4O3S. The van der Waals surface area contributed by atoms with Gasteiger partial charge in [-0.05, 0) is 26.9 Å². The molecule has 0 amide bonds. The number of aryl methyl sites for hydroxylation is 1. The molecule has 1 saturated heterocycles. The van der Waals surface area contributed by atoms with Crippen molar-refractivity contribution >= 4 is 10.0 Å². The number of aromatic nitrogens is 2. The van der Waals surface area contributed by atoms with Gasteiger partial charge in [-0.1, -0.05) is 0 Å². The third-order valence-electron chi connectivity index (χ3n) is 3.39. The Balaban J connectivity index is 2.33. The predicted octanol–water partition coefficient (Wildman–Crippen LogP) is -0.463. The number of likely N-dealkylation sites (N-methyl/N-ethyl adjacent to an activating group) is 1. The first-order valence-electron chi connectivity index (χ1n) is 6.30. The fourth-order valence-corrected chi connectivity index (χ4v) is 4.10. The van der Waals surface area contributed by atoms with Crippen LogP contribution in [0.5, 0.6) is 0 Å². The standard InChI is InChI=1S/C11H20N4O3S/c1-9-11(10(8-16)13-12-9)19(17,18)15-5-3-4-14(2)6-7-15/h16H,3-8H2,1-2H3,(H,12,13). The fourth-order valence-electron chi connectivity index (χ4n) is 2.31. The van der Waals surface area contributed by atoms with Crippen molar-refractivity contribution in [2.45, 2.75) is 24.8 Å². The molecule has 1 aromatic rings. The van der Waals surface area contributed by atoms with Crippen LogP contribution in [0.15, 0.2) is 4.90 Å². The highest BCUT2D eigenvalue weighted by molar-refractivity contribution is 7.89. The molecular weight excluding hydrogens is 268 g/mol. The second-order valence-electron chi connectivity index (χ2n) is 4.84. The van der Waals surface area contributed by atoms with Crippen LogP contribution in [0.25, 0.3) is 0 Å². The van der Waals surface area contributed by atoms with Crippen LogP contribution >= 0.6 is 0 Å². The molecule has 108 valence electrons. The molecule has 2 heterocycles. The van der Waals surface area contributed by atoms with Crippen LogP contribution < -0.4 is 0 Å². The summed E-state index contributed by atoms with van der Waals surface area (Å²) in [5, 5.41) is 15.7. The minimum absolute atomic E-state index is 0.125. The molecule has 2 N–H and O–H groups in total. The molecule has 1 aliphatic rings. The van der Waals surface area contributed by atoms with Crippen LogP contribution in [0.3, 0.4) is 0 Å². The quantitative estimate of drug-likeness (QED) is 0.785. The normalized spacial score (nSPS) is 19.5. The fraction of sp³-hybridized carbons (Fsp3) is 0.727. The van der Waals surface area contributed by atoms with E-state index in [1.165, 1.54) is 4.31 Å². The van der Waals surface area contributed by atoms with Crippen LogP contribution in [-0.2, 0) is 16.6 Å². The van der Waals surface area contributed by atoms with Crippen molar-refractivity contribution in [1.29, 1.82) is 0 Å². The number of aromatic amines is 1. The van der Waals surface area contributed by atoms with Gasteiger partial charge in [-0.2, -0.15) is 9.40 Å². The van der Waals surface area contributed by atoms with Gasteiger partial charge >= 0.3 is 0 Å². The number of aliphatic hydroxyl groups is 1. The monoisotopic (exact) mass is 288 g/mol. The van der Waals surface area contributed by atoms with E-state index >= 15 is 0 Å². The van der Waals surface area contributed by atoms with Gasteiger partial charge in [0, 0.05) is 19.6 Å². The molecule has 0 bridgehead atoms. The van der Waals surface area contributed by atoms with Crippen LogP contribution in [0.2, 0.25) is 0 Å². The van der Waals surface area contributed by atoms with Gasteiger partial charge in [-0.15, -0.1) is 0 Å². The van der Waals surface area contributed by atoms with Gasteiger partial charge in [0.25, 0.3) is 0 Å². The molecule has 1 aliphatic heterocycles. The zero-order valence-electron chi connectivity index (χ0n) is 11.3. The third-order valence-corrected chi connectivity index (χ3v) is 5.49. The number of hydrogen-bond donors (Lipinski definition) is 2. The van der Waals surface area contributed by atoms with Gasteiger partial charge in [0.15, 0.2) is 0 Å². The summed E-state index contributed by atoms with van der Waals surface area (Å²) in [6.45, 7) is 3.85. The van der Waals surface area contributed by atoms with Crippen molar-refractivity contribution in [3.8, 4) is 0 Å². The number of sulfonamides is 1. The number of nitrogens with one attached hydrogen (secondary N) is 1. The van der Waals surface area contributed by atoms with Crippen molar-refractivity contribution in [3.05, 3.63) is 11.4 Å². The molecule has 19 heavy (non-hydrogen) atoms. The zero-order valence-corrected chi connectivity index (χ0v) is 12.1. The van der Waals surface area contributed by atoms with Crippen molar-refractivity contribution in [3.63, 3.8) is 0 Å². The average molecular weight is 288 g/mol. The van der Waals surface area contributed by atoms with E-state index in [0.29, 0.717) is 25.3 Å². The zero-order chi connectivity index (χ0) is 14.0. The van der Waals surface area contributed by atoms with Gasteiger partial charge < -0.3 is 10.0 Å². The topological polar surface area (TPSA) is 89.5 Å². The van der Waals surface area contributed by atoms with Crippen molar-refractivity contribution in [2.75, 3.05) is 33.2 Å². The number of aliphatic hydroxyl groups excluding tert-OH is 1. The first-order valence-corrected chi connectivity index (χ1v) is 7.74. The Morgan fingerprint density at radius 1 is 1.32 bits per heavy atom. The molecule has 0 aliphatic carbocycles. The van der Waals surface area contributed by atoms with E-state index in [4.69, 9.17) is 0 Å². The summed E-state index contributed by atoms with van der Waals surface area (Å²) >= 11 is 0. The Morgan fingerprint density at radius 2 is 2.05 bits per heavy atom. The summed E-state index contributed by atoms with van der Waals surface area (Å²) in [7, 11) is -1.60. The Bertz CT molecular complexity index is 540. The van der Waals surface area contributed by atoms with Crippen LogP contribution in [-0.4, -0.2) is 66.2 Å². The lowest BCUT2D eigenvalue weighted by Crippen LogP contribution is -2.35. The lowest BCUT2D eigenvalue weighted by molar-refractivity contribution is 0.273. The summed E-state index contributed by atoms with van der Waals surface area (Å²) in [6, 6.07) is 0. The van der Waals surface area contributed by atoms with Crippen LogP contribution in [0.4, 0.5) is 0 Å². The summed E-state index contributed by atoms with van der Waals surface area (Å²) < 4.78 is 26.8. The third kappa shape index (κ3) is 2.81. The second-order valence-corrected chi connectivity index (χ2v) is 6.72. The molecule has 0 atom stereocenters. The van der Waals surface area contributed by atoms with E-state index in [1.54, 1.807) is 6.92 Å². The smallest absolute Gasteiger partial charge is 0.246 e. The van der Waals surface area contributed by atoms with Gasteiger partial charge in [0.05, 0.1) is 12.3 Å². The molecule has 7 nitrogen and oxygen atoms in total. The molecule has 2 rings (SSSR count). The summed E-state index contributed by atoms with van der Waals surface area (Å²) in [4.78, 5) is 2.24. The number of hydrogen-bond acceptors (Lipinski definition) is 5.